The molecule has 1 aromatic carbocycles. The number of sulfonamides is 1. The summed E-state index contributed by atoms with van der Waals surface area (Å²) in [7, 11) is -3.52. The number of hydrogen-bond acceptors (Lipinski definition) is 3. The van der Waals surface area contributed by atoms with Crippen molar-refractivity contribution >= 4 is 69.1 Å². The first-order chi connectivity index (χ1) is 8.88. The lowest BCUT2D eigenvalue weighted by Crippen LogP contribution is -2.23. The highest BCUT2D eigenvalue weighted by Crippen LogP contribution is 2.26. The van der Waals surface area contributed by atoms with Gasteiger partial charge in [-0.25, -0.2) is 13.1 Å². The minimum absolute atomic E-state index is 0.228. The third-order valence-corrected chi connectivity index (χ3v) is 6.74. The van der Waals surface area contributed by atoms with Gasteiger partial charge in [0.2, 0.25) is 10.0 Å². The highest BCUT2D eigenvalue weighted by atomic mass is 79.9. The smallest absolute Gasteiger partial charge is 0.207 e. The molecule has 3 nitrogen and oxygen atoms in total. The van der Waals surface area contributed by atoms with Crippen LogP contribution in [0.3, 0.4) is 0 Å². The molecule has 2 rings (SSSR count). The van der Waals surface area contributed by atoms with Crippen LogP contribution in [-0.4, -0.2) is 8.42 Å². The second kappa shape index (κ2) is 6.36. The Morgan fingerprint density at radius 1 is 1.11 bits per heavy atom. The van der Waals surface area contributed by atoms with Crippen molar-refractivity contribution in [3.05, 3.63) is 47.9 Å². The molecular formula is C11H8Br3NO2S2. The maximum atomic E-state index is 12.2. The van der Waals surface area contributed by atoms with E-state index in [2.05, 4.69) is 52.5 Å². The summed E-state index contributed by atoms with van der Waals surface area (Å²) >= 11 is 11.4. The Hall–Kier alpha value is 0.270. The lowest BCUT2D eigenvalue weighted by atomic mass is 10.4. The van der Waals surface area contributed by atoms with Crippen LogP contribution in [0.2, 0.25) is 0 Å². The van der Waals surface area contributed by atoms with Gasteiger partial charge in [-0.15, -0.1) is 11.3 Å². The average molecular weight is 490 g/mol. The average Bonchev–Trinajstić information content (AvgIpc) is 2.72. The molecular weight excluding hydrogens is 482 g/mol. The van der Waals surface area contributed by atoms with Crippen LogP contribution < -0.4 is 4.72 Å². The Bertz CT molecular complexity index is 698. The van der Waals surface area contributed by atoms with Crippen molar-refractivity contribution in [2.45, 2.75) is 11.4 Å². The number of hydrogen-bond donors (Lipinski definition) is 1. The van der Waals surface area contributed by atoms with Gasteiger partial charge in [0.15, 0.2) is 0 Å². The van der Waals surface area contributed by atoms with Crippen LogP contribution in [0.4, 0.5) is 0 Å². The van der Waals surface area contributed by atoms with Gasteiger partial charge in [0.25, 0.3) is 0 Å². The number of nitrogens with one attached hydrogen (secondary N) is 1. The van der Waals surface area contributed by atoms with E-state index in [0.29, 0.717) is 4.47 Å². The van der Waals surface area contributed by atoms with Crippen molar-refractivity contribution in [1.29, 1.82) is 0 Å². The fourth-order valence-corrected chi connectivity index (χ4v) is 5.65. The third-order valence-electron chi connectivity index (χ3n) is 2.25. The molecule has 0 atom stereocenters. The topological polar surface area (TPSA) is 46.2 Å². The van der Waals surface area contributed by atoms with E-state index in [-0.39, 0.29) is 11.4 Å². The zero-order chi connectivity index (χ0) is 14.0. The van der Waals surface area contributed by atoms with Crippen molar-refractivity contribution in [2.24, 2.45) is 0 Å². The molecule has 102 valence electrons. The monoisotopic (exact) mass is 487 g/mol. The van der Waals surface area contributed by atoms with Crippen LogP contribution in [0.25, 0.3) is 0 Å². The molecule has 0 aliphatic rings. The first-order valence-corrected chi connectivity index (χ1v) is 9.75. The SMILES string of the molecule is O=S(=O)(NCc1ccc(Br)s1)c1ccc(Br)cc1Br. The summed E-state index contributed by atoms with van der Waals surface area (Å²) in [5, 5.41) is 0. The zero-order valence-electron chi connectivity index (χ0n) is 9.36. The van der Waals surface area contributed by atoms with Gasteiger partial charge in [-0.3, -0.25) is 0 Å². The van der Waals surface area contributed by atoms with Crippen molar-refractivity contribution in [1.82, 2.24) is 4.72 Å². The van der Waals surface area contributed by atoms with Crippen molar-refractivity contribution < 1.29 is 8.42 Å². The molecule has 0 saturated heterocycles. The minimum Gasteiger partial charge on any atom is -0.207 e. The minimum atomic E-state index is -3.52. The number of thiophene rings is 1. The standard InChI is InChI=1S/C11H8Br3NO2S2/c12-7-1-3-10(9(13)5-7)19(16,17)15-6-8-2-4-11(14)18-8/h1-5,15H,6H2. The maximum absolute atomic E-state index is 12.2. The van der Waals surface area contributed by atoms with E-state index in [1.807, 2.05) is 12.1 Å². The Morgan fingerprint density at radius 3 is 2.42 bits per heavy atom. The van der Waals surface area contributed by atoms with Gasteiger partial charge in [-0.2, -0.15) is 0 Å². The van der Waals surface area contributed by atoms with E-state index < -0.39 is 10.0 Å². The fraction of sp³-hybridized carbons (Fsp3) is 0.0909. The normalized spacial score (nSPS) is 11.7. The Morgan fingerprint density at radius 2 is 1.84 bits per heavy atom. The Balaban J connectivity index is 2.18. The van der Waals surface area contributed by atoms with E-state index in [1.54, 1.807) is 18.2 Å². The molecule has 0 fully saturated rings. The number of benzene rings is 1. The molecule has 0 bridgehead atoms. The van der Waals surface area contributed by atoms with Crippen LogP contribution >= 0.6 is 59.1 Å². The summed E-state index contributed by atoms with van der Waals surface area (Å²) in [6.07, 6.45) is 0. The summed E-state index contributed by atoms with van der Waals surface area (Å²) < 4.78 is 29.3. The molecule has 0 aliphatic heterocycles. The second-order valence-electron chi connectivity index (χ2n) is 3.61. The van der Waals surface area contributed by atoms with Crippen LogP contribution in [0, 0.1) is 0 Å². The zero-order valence-corrected chi connectivity index (χ0v) is 15.8. The van der Waals surface area contributed by atoms with Gasteiger partial charge in [0.05, 0.1) is 8.68 Å². The van der Waals surface area contributed by atoms with E-state index in [9.17, 15) is 8.42 Å². The highest BCUT2D eigenvalue weighted by Gasteiger charge is 2.17. The molecule has 8 heteroatoms. The van der Waals surface area contributed by atoms with Crippen LogP contribution in [0.15, 0.2) is 48.0 Å². The summed E-state index contributed by atoms with van der Waals surface area (Å²) in [5.41, 5.74) is 0. The summed E-state index contributed by atoms with van der Waals surface area (Å²) in [4.78, 5) is 1.18. The number of rotatable bonds is 4. The highest BCUT2D eigenvalue weighted by molar-refractivity contribution is 9.11. The summed E-state index contributed by atoms with van der Waals surface area (Å²) in [5.74, 6) is 0. The molecule has 0 spiro atoms. The van der Waals surface area contributed by atoms with Gasteiger partial charge in [0, 0.05) is 20.4 Å². The predicted octanol–water partition coefficient (Wildman–Crippen LogP) is 4.51. The van der Waals surface area contributed by atoms with Crippen molar-refractivity contribution in [2.75, 3.05) is 0 Å². The first kappa shape index (κ1) is 15.7. The molecule has 0 amide bonds. The van der Waals surface area contributed by atoms with Gasteiger partial charge in [-0.1, -0.05) is 15.9 Å². The molecule has 0 aliphatic carbocycles. The van der Waals surface area contributed by atoms with Gasteiger partial charge >= 0.3 is 0 Å². The largest absolute Gasteiger partial charge is 0.242 e. The molecule has 19 heavy (non-hydrogen) atoms. The van der Waals surface area contributed by atoms with E-state index >= 15 is 0 Å². The molecule has 0 radical (unpaired) electrons. The quantitative estimate of drug-likeness (QED) is 0.686. The third kappa shape index (κ3) is 4.12. The molecule has 1 heterocycles. The van der Waals surface area contributed by atoms with Crippen LogP contribution in [0.1, 0.15) is 4.88 Å². The van der Waals surface area contributed by atoms with E-state index in [0.717, 1.165) is 13.1 Å². The fourth-order valence-electron chi connectivity index (χ4n) is 1.38. The molecule has 1 N–H and O–H groups in total. The Labute approximate surface area is 140 Å². The lowest BCUT2D eigenvalue weighted by molar-refractivity contribution is 0.581. The predicted molar refractivity (Wildman–Crippen MR) is 87.9 cm³/mol. The van der Waals surface area contributed by atoms with Gasteiger partial charge < -0.3 is 0 Å². The summed E-state index contributed by atoms with van der Waals surface area (Å²) in [6, 6.07) is 8.73. The molecule has 0 saturated carbocycles. The first-order valence-electron chi connectivity index (χ1n) is 5.07. The van der Waals surface area contributed by atoms with E-state index in [1.165, 1.54) is 11.3 Å². The van der Waals surface area contributed by atoms with Crippen LogP contribution in [0.5, 0.6) is 0 Å². The van der Waals surface area contributed by atoms with Gasteiger partial charge in [0.1, 0.15) is 0 Å². The summed E-state index contributed by atoms with van der Waals surface area (Å²) in [6.45, 7) is 0.279. The van der Waals surface area contributed by atoms with Crippen LogP contribution in [-0.2, 0) is 16.6 Å². The second-order valence-corrected chi connectivity index (χ2v) is 9.66. The van der Waals surface area contributed by atoms with Crippen molar-refractivity contribution in [3.8, 4) is 0 Å². The number of halogens is 3. The van der Waals surface area contributed by atoms with Crippen molar-refractivity contribution in [3.63, 3.8) is 0 Å². The Kier molecular flexibility index (Phi) is 5.24. The van der Waals surface area contributed by atoms with E-state index in [4.69, 9.17) is 0 Å². The molecule has 2 aromatic rings. The maximum Gasteiger partial charge on any atom is 0.242 e. The lowest BCUT2D eigenvalue weighted by Gasteiger charge is -2.08. The molecule has 0 unspecified atom stereocenters. The molecule has 1 aromatic heterocycles. The van der Waals surface area contributed by atoms with Gasteiger partial charge in [-0.05, 0) is 62.2 Å².